The van der Waals surface area contributed by atoms with Crippen LogP contribution in [0.2, 0.25) is 5.02 Å². The van der Waals surface area contributed by atoms with Gasteiger partial charge in [0.2, 0.25) is 17.8 Å². The predicted octanol–water partition coefficient (Wildman–Crippen LogP) is 2.79. The van der Waals surface area contributed by atoms with Crippen LogP contribution in [-0.4, -0.2) is 34.9 Å². The maximum absolute atomic E-state index is 13.0. The number of anilines is 3. The first-order valence-corrected chi connectivity index (χ1v) is 10.1. The standard InChI is InChI=1S/C20H22ClN5O3/c1-11-13(21)6-5-7-14(11)22-18(28)12-10-15(27)23-17-16(12)19(29)25-20(24-17)26-8-3-2-4-9-26/h5-7,12H,2-4,8-10H2,1H3,(H,22,28)(H2,23,24,25,27,29)/t12-/m0/s1. The number of aromatic amines is 1. The number of carbonyl (C=O) groups is 2. The maximum atomic E-state index is 13.0. The molecule has 0 bridgehead atoms. The van der Waals surface area contributed by atoms with Gasteiger partial charge < -0.3 is 15.5 Å². The molecule has 2 aromatic rings. The fourth-order valence-corrected chi connectivity index (χ4v) is 3.98. The molecule has 0 unspecified atom stereocenters. The van der Waals surface area contributed by atoms with Crippen LogP contribution in [0.4, 0.5) is 17.5 Å². The van der Waals surface area contributed by atoms with E-state index in [2.05, 4.69) is 20.6 Å². The highest BCUT2D eigenvalue weighted by atomic mass is 35.5. The third kappa shape index (κ3) is 3.85. The summed E-state index contributed by atoms with van der Waals surface area (Å²) in [5.41, 5.74) is 1.04. The summed E-state index contributed by atoms with van der Waals surface area (Å²) in [7, 11) is 0. The third-order valence-electron chi connectivity index (χ3n) is 5.44. The van der Waals surface area contributed by atoms with Gasteiger partial charge in [-0.1, -0.05) is 17.7 Å². The maximum Gasteiger partial charge on any atom is 0.258 e. The van der Waals surface area contributed by atoms with Crippen molar-refractivity contribution in [1.29, 1.82) is 0 Å². The lowest BCUT2D eigenvalue weighted by Crippen LogP contribution is -2.38. The SMILES string of the molecule is Cc1c(Cl)cccc1NC(=O)[C@H]1CC(=O)Nc2nc(N3CCCCC3)[nH]c(=O)c21. The molecule has 1 aromatic heterocycles. The normalized spacial score (nSPS) is 18.8. The molecular formula is C20H22ClN5O3. The molecule has 2 aliphatic heterocycles. The highest BCUT2D eigenvalue weighted by Crippen LogP contribution is 2.31. The number of nitrogens with one attached hydrogen (secondary N) is 3. The first-order valence-electron chi connectivity index (χ1n) is 9.69. The summed E-state index contributed by atoms with van der Waals surface area (Å²) >= 11 is 6.12. The van der Waals surface area contributed by atoms with E-state index in [1.54, 1.807) is 25.1 Å². The van der Waals surface area contributed by atoms with Gasteiger partial charge in [-0.3, -0.25) is 19.4 Å². The van der Waals surface area contributed by atoms with Crippen LogP contribution < -0.4 is 21.1 Å². The van der Waals surface area contributed by atoms with Gasteiger partial charge in [-0.25, -0.2) is 0 Å². The second kappa shape index (κ2) is 7.87. The number of nitrogens with zero attached hydrogens (tertiary/aromatic N) is 2. The Bertz CT molecular complexity index is 1030. The Morgan fingerprint density at radius 3 is 2.76 bits per heavy atom. The number of H-pyrrole nitrogens is 1. The van der Waals surface area contributed by atoms with Gasteiger partial charge in [0.05, 0.1) is 11.5 Å². The fraction of sp³-hybridized carbons (Fsp3) is 0.400. The molecule has 1 aromatic carbocycles. The van der Waals surface area contributed by atoms with Crippen molar-refractivity contribution in [3.05, 3.63) is 44.7 Å². The van der Waals surface area contributed by atoms with Crippen molar-refractivity contribution in [3.63, 3.8) is 0 Å². The summed E-state index contributed by atoms with van der Waals surface area (Å²) in [6.45, 7) is 3.39. The zero-order valence-corrected chi connectivity index (χ0v) is 16.8. The lowest BCUT2D eigenvalue weighted by molar-refractivity contribution is -0.123. The molecule has 3 N–H and O–H groups in total. The molecule has 8 nitrogen and oxygen atoms in total. The van der Waals surface area contributed by atoms with E-state index < -0.39 is 17.4 Å². The van der Waals surface area contributed by atoms with Crippen molar-refractivity contribution in [3.8, 4) is 0 Å². The Labute approximate surface area is 172 Å². The molecule has 0 radical (unpaired) electrons. The van der Waals surface area contributed by atoms with Gasteiger partial charge in [-0.15, -0.1) is 0 Å². The number of benzene rings is 1. The lowest BCUT2D eigenvalue weighted by atomic mass is 9.92. The van der Waals surface area contributed by atoms with Gasteiger partial charge >= 0.3 is 0 Å². The lowest BCUT2D eigenvalue weighted by Gasteiger charge is -2.29. The zero-order valence-electron chi connectivity index (χ0n) is 16.0. The highest BCUT2D eigenvalue weighted by Gasteiger charge is 2.35. The molecule has 2 amide bonds. The topological polar surface area (TPSA) is 107 Å². The molecular weight excluding hydrogens is 394 g/mol. The Hall–Kier alpha value is -2.87. The molecule has 0 aliphatic carbocycles. The average Bonchev–Trinajstić information content (AvgIpc) is 2.71. The van der Waals surface area contributed by atoms with Crippen LogP contribution >= 0.6 is 11.6 Å². The van der Waals surface area contributed by atoms with Gasteiger partial charge in [0, 0.05) is 30.2 Å². The molecule has 1 atom stereocenters. The smallest absolute Gasteiger partial charge is 0.258 e. The summed E-state index contributed by atoms with van der Waals surface area (Å²) in [6, 6.07) is 5.18. The van der Waals surface area contributed by atoms with Gasteiger partial charge in [-0.2, -0.15) is 4.98 Å². The van der Waals surface area contributed by atoms with Crippen molar-refractivity contribution >= 4 is 40.9 Å². The molecule has 3 heterocycles. The van der Waals surface area contributed by atoms with Crippen LogP contribution in [0.15, 0.2) is 23.0 Å². The summed E-state index contributed by atoms with van der Waals surface area (Å²) in [5.74, 6) is -1.12. The van der Waals surface area contributed by atoms with Crippen LogP contribution in [-0.2, 0) is 9.59 Å². The van der Waals surface area contributed by atoms with E-state index in [9.17, 15) is 14.4 Å². The van der Waals surface area contributed by atoms with E-state index in [1.165, 1.54) is 0 Å². The minimum absolute atomic E-state index is 0.119. The molecule has 9 heteroatoms. The Morgan fingerprint density at radius 2 is 2.00 bits per heavy atom. The van der Waals surface area contributed by atoms with Crippen LogP contribution in [0, 0.1) is 6.92 Å². The molecule has 0 saturated carbocycles. The van der Waals surface area contributed by atoms with Crippen molar-refractivity contribution in [1.82, 2.24) is 9.97 Å². The first kappa shape index (κ1) is 19.4. The zero-order chi connectivity index (χ0) is 20.5. The second-order valence-electron chi connectivity index (χ2n) is 7.41. The first-order chi connectivity index (χ1) is 13.9. The van der Waals surface area contributed by atoms with Gasteiger partial charge in [0.25, 0.3) is 5.56 Å². The summed E-state index contributed by atoms with van der Waals surface area (Å²) in [6.07, 6.45) is 3.08. The predicted molar refractivity (Wildman–Crippen MR) is 112 cm³/mol. The number of carbonyl (C=O) groups excluding carboxylic acids is 2. The van der Waals surface area contributed by atoms with Crippen molar-refractivity contribution < 1.29 is 9.59 Å². The monoisotopic (exact) mass is 415 g/mol. The van der Waals surface area contributed by atoms with Gasteiger partial charge in [0.1, 0.15) is 5.82 Å². The molecule has 152 valence electrons. The van der Waals surface area contributed by atoms with E-state index in [1.807, 2.05) is 4.90 Å². The van der Waals surface area contributed by atoms with E-state index >= 15 is 0 Å². The summed E-state index contributed by atoms with van der Waals surface area (Å²) in [4.78, 5) is 47.3. The number of rotatable bonds is 3. The van der Waals surface area contributed by atoms with E-state index in [4.69, 9.17) is 11.6 Å². The van der Waals surface area contributed by atoms with Gasteiger partial charge in [-0.05, 0) is 43.9 Å². The quantitative estimate of drug-likeness (QED) is 0.714. The number of halogens is 1. The molecule has 2 aliphatic rings. The van der Waals surface area contributed by atoms with Crippen molar-refractivity contribution in [2.24, 2.45) is 0 Å². The molecule has 0 spiro atoms. The number of amides is 2. The van der Waals surface area contributed by atoms with Crippen LogP contribution in [0.3, 0.4) is 0 Å². The van der Waals surface area contributed by atoms with Gasteiger partial charge in [0.15, 0.2) is 0 Å². The largest absolute Gasteiger partial charge is 0.342 e. The fourth-order valence-electron chi connectivity index (χ4n) is 3.80. The molecule has 1 fully saturated rings. The minimum atomic E-state index is -0.927. The summed E-state index contributed by atoms with van der Waals surface area (Å²) < 4.78 is 0. The van der Waals surface area contributed by atoms with Crippen LogP contribution in [0.1, 0.15) is 42.7 Å². The third-order valence-corrected chi connectivity index (χ3v) is 5.85. The van der Waals surface area contributed by atoms with Crippen LogP contribution in [0.25, 0.3) is 0 Å². The Balaban J connectivity index is 1.66. The van der Waals surface area contributed by atoms with Crippen LogP contribution in [0.5, 0.6) is 0 Å². The number of hydrogen-bond acceptors (Lipinski definition) is 5. The number of aromatic nitrogens is 2. The van der Waals surface area contributed by atoms with Crippen molar-refractivity contribution in [2.75, 3.05) is 28.6 Å². The number of fused-ring (bicyclic) bond motifs is 1. The summed E-state index contributed by atoms with van der Waals surface area (Å²) in [5, 5.41) is 5.97. The van der Waals surface area contributed by atoms with E-state index in [0.717, 1.165) is 37.9 Å². The van der Waals surface area contributed by atoms with Crippen molar-refractivity contribution in [2.45, 2.75) is 38.5 Å². The molecule has 4 rings (SSSR count). The minimum Gasteiger partial charge on any atom is -0.342 e. The Kier molecular flexibility index (Phi) is 5.27. The molecule has 29 heavy (non-hydrogen) atoms. The Morgan fingerprint density at radius 1 is 1.24 bits per heavy atom. The molecule has 1 saturated heterocycles. The highest BCUT2D eigenvalue weighted by molar-refractivity contribution is 6.31. The second-order valence-corrected chi connectivity index (χ2v) is 7.81. The van der Waals surface area contributed by atoms with E-state index in [0.29, 0.717) is 16.7 Å². The average molecular weight is 416 g/mol. The number of hydrogen-bond donors (Lipinski definition) is 3. The number of piperidine rings is 1. The van der Waals surface area contributed by atoms with E-state index in [-0.39, 0.29) is 23.7 Å².